The van der Waals surface area contributed by atoms with E-state index in [0.717, 1.165) is 5.56 Å². The van der Waals surface area contributed by atoms with Crippen LogP contribution in [0, 0.1) is 0 Å². The van der Waals surface area contributed by atoms with Gasteiger partial charge in [0.15, 0.2) is 17.3 Å². The molecule has 1 aromatic carbocycles. The molecule has 25 heavy (non-hydrogen) atoms. The predicted molar refractivity (Wildman–Crippen MR) is 92.4 cm³/mol. The lowest BCUT2D eigenvalue weighted by molar-refractivity contribution is 0.324. The van der Waals surface area contributed by atoms with Crippen molar-refractivity contribution in [1.29, 1.82) is 0 Å². The predicted octanol–water partition coefficient (Wildman–Crippen LogP) is 2.70. The second kappa shape index (κ2) is 7.43. The number of rotatable bonds is 6. The first-order valence-electron chi connectivity index (χ1n) is 7.41. The molecule has 0 aliphatic carbocycles. The summed E-state index contributed by atoms with van der Waals surface area (Å²) >= 11 is 0. The van der Waals surface area contributed by atoms with Gasteiger partial charge in [0.05, 0.1) is 21.3 Å². The van der Waals surface area contributed by atoms with E-state index in [1.54, 1.807) is 45.9 Å². The average molecular weight is 339 g/mol. The van der Waals surface area contributed by atoms with Crippen molar-refractivity contribution in [3.8, 4) is 28.6 Å². The fraction of sp³-hybridized carbons (Fsp3) is 0.176. The summed E-state index contributed by atoms with van der Waals surface area (Å²) in [6.45, 7) is 0. The van der Waals surface area contributed by atoms with E-state index in [2.05, 4.69) is 25.3 Å². The zero-order valence-corrected chi connectivity index (χ0v) is 14.1. The molecule has 0 aliphatic heterocycles. The molecule has 1 N–H and O–H groups in total. The number of pyridine rings is 1. The Morgan fingerprint density at radius 3 is 2.32 bits per heavy atom. The highest BCUT2D eigenvalue weighted by molar-refractivity contribution is 5.66. The maximum atomic E-state index is 5.34. The molecule has 8 nitrogen and oxygen atoms in total. The average Bonchev–Trinajstić information content (AvgIpc) is 2.68. The van der Waals surface area contributed by atoms with Gasteiger partial charge in [-0.1, -0.05) is 0 Å². The highest BCUT2D eigenvalue weighted by Crippen LogP contribution is 2.40. The van der Waals surface area contributed by atoms with Crippen LogP contribution in [0.4, 0.5) is 11.6 Å². The molecule has 0 atom stereocenters. The highest BCUT2D eigenvalue weighted by Gasteiger charge is 2.14. The fourth-order valence-corrected chi connectivity index (χ4v) is 2.27. The van der Waals surface area contributed by atoms with Gasteiger partial charge in [-0.3, -0.25) is 4.98 Å². The fourth-order valence-electron chi connectivity index (χ4n) is 2.27. The first-order chi connectivity index (χ1) is 12.2. The zero-order valence-electron chi connectivity index (χ0n) is 14.1. The van der Waals surface area contributed by atoms with Crippen LogP contribution in [0.1, 0.15) is 0 Å². The first kappa shape index (κ1) is 16.4. The van der Waals surface area contributed by atoms with Crippen molar-refractivity contribution in [1.82, 2.24) is 19.9 Å². The van der Waals surface area contributed by atoms with Crippen molar-refractivity contribution in [2.75, 3.05) is 26.6 Å². The van der Waals surface area contributed by atoms with E-state index in [4.69, 9.17) is 14.2 Å². The normalized spacial score (nSPS) is 10.2. The monoisotopic (exact) mass is 339 g/mol. The molecule has 2 aromatic heterocycles. The van der Waals surface area contributed by atoms with E-state index in [1.165, 1.54) is 6.33 Å². The number of aromatic nitrogens is 4. The maximum Gasteiger partial charge on any atom is 0.230 e. The van der Waals surface area contributed by atoms with Gasteiger partial charge in [-0.15, -0.1) is 0 Å². The third kappa shape index (κ3) is 3.57. The number of methoxy groups -OCH3 is 3. The Morgan fingerprint density at radius 2 is 1.72 bits per heavy atom. The summed E-state index contributed by atoms with van der Waals surface area (Å²) in [5.74, 6) is 2.50. The molecule has 128 valence electrons. The molecular weight excluding hydrogens is 322 g/mol. The van der Waals surface area contributed by atoms with E-state index in [9.17, 15) is 0 Å². The molecular formula is C17H17N5O3. The summed E-state index contributed by atoms with van der Waals surface area (Å²) in [5, 5.41) is 3.12. The highest BCUT2D eigenvalue weighted by atomic mass is 16.5. The number of anilines is 2. The first-order valence-corrected chi connectivity index (χ1v) is 7.41. The molecule has 0 aliphatic rings. The molecule has 0 bridgehead atoms. The Kier molecular flexibility index (Phi) is 4.89. The summed E-state index contributed by atoms with van der Waals surface area (Å²) in [5.41, 5.74) is 1.50. The Bertz CT molecular complexity index is 833. The van der Waals surface area contributed by atoms with Crippen LogP contribution in [0.5, 0.6) is 17.2 Å². The summed E-state index contributed by atoms with van der Waals surface area (Å²) in [6, 6.07) is 7.25. The van der Waals surface area contributed by atoms with Gasteiger partial charge in [0.2, 0.25) is 11.7 Å². The lowest BCUT2D eigenvalue weighted by atomic mass is 10.2. The van der Waals surface area contributed by atoms with Crippen molar-refractivity contribution >= 4 is 11.6 Å². The Hall–Kier alpha value is -3.42. The van der Waals surface area contributed by atoms with Crippen molar-refractivity contribution in [3.05, 3.63) is 43.0 Å². The summed E-state index contributed by atoms with van der Waals surface area (Å²) < 4.78 is 16.0. The van der Waals surface area contributed by atoms with Gasteiger partial charge in [0, 0.05) is 35.8 Å². The van der Waals surface area contributed by atoms with E-state index in [-0.39, 0.29) is 0 Å². The minimum Gasteiger partial charge on any atom is -0.493 e. The van der Waals surface area contributed by atoms with Gasteiger partial charge in [-0.25, -0.2) is 9.97 Å². The summed E-state index contributed by atoms with van der Waals surface area (Å²) in [6.07, 6.45) is 4.83. The maximum absolute atomic E-state index is 5.34. The van der Waals surface area contributed by atoms with Crippen molar-refractivity contribution in [3.63, 3.8) is 0 Å². The Morgan fingerprint density at radius 1 is 0.960 bits per heavy atom. The SMILES string of the molecule is COc1cc(Nc2ncnc(-c3cccnc3)n2)cc(OC)c1OC. The largest absolute Gasteiger partial charge is 0.493 e. The zero-order chi connectivity index (χ0) is 17.6. The Balaban J connectivity index is 1.93. The van der Waals surface area contributed by atoms with Gasteiger partial charge in [0.1, 0.15) is 6.33 Å². The van der Waals surface area contributed by atoms with Crippen LogP contribution in [-0.4, -0.2) is 41.3 Å². The van der Waals surface area contributed by atoms with Gasteiger partial charge in [0.25, 0.3) is 0 Å². The van der Waals surface area contributed by atoms with Crippen molar-refractivity contribution in [2.24, 2.45) is 0 Å². The molecule has 8 heteroatoms. The second-order valence-electron chi connectivity index (χ2n) is 4.91. The summed E-state index contributed by atoms with van der Waals surface area (Å²) in [4.78, 5) is 16.8. The van der Waals surface area contributed by atoms with Crippen molar-refractivity contribution < 1.29 is 14.2 Å². The van der Waals surface area contributed by atoms with Gasteiger partial charge in [-0.05, 0) is 12.1 Å². The minimum absolute atomic E-state index is 0.392. The molecule has 3 rings (SSSR count). The van der Waals surface area contributed by atoms with Crippen LogP contribution in [0.3, 0.4) is 0 Å². The topological polar surface area (TPSA) is 91.3 Å². The van der Waals surface area contributed by atoms with Crippen LogP contribution in [-0.2, 0) is 0 Å². The number of nitrogens with zero attached hydrogens (tertiary/aromatic N) is 4. The third-order valence-electron chi connectivity index (χ3n) is 3.41. The van der Waals surface area contributed by atoms with Gasteiger partial charge < -0.3 is 19.5 Å². The molecule has 0 spiro atoms. The quantitative estimate of drug-likeness (QED) is 0.733. The molecule has 3 aromatic rings. The minimum atomic E-state index is 0.392. The second-order valence-corrected chi connectivity index (χ2v) is 4.91. The van der Waals surface area contributed by atoms with E-state index >= 15 is 0 Å². The number of ether oxygens (including phenoxy) is 3. The number of benzene rings is 1. The summed E-state index contributed by atoms with van der Waals surface area (Å²) in [7, 11) is 4.68. The Labute approximate surface area is 144 Å². The van der Waals surface area contributed by atoms with Crippen LogP contribution < -0.4 is 19.5 Å². The lowest BCUT2D eigenvalue weighted by Crippen LogP contribution is -2.02. The van der Waals surface area contributed by atoms with E-state index in [0.29, 0.717) is 34.7 Å². The molecule has 0 amide bonds. The molecule has 0 fully saturated rings. The van der Waals surface area contributed by atoms with Gasteiger partial charge >= 0.3 is 0 Å². The number of hydrogen-bond acceptors (Lipinski definition) is 8. The van der Waals surface area contributed by atoms with Crippen LogP contribution in [0.15, 0.2) is 43.0 Å². The van der Waals surface area contributed by atoms with E-state index in [1.807, 2.05) is 12.1 Å². The van der Waals surface area contributed by atoms with E-state index < -0.39 is 0 Å². The van der Waals surface area contributed by atoms with Crippen LogP contribution in [0.2, 0.25) is 0 Å². The number of nitrogens with one attached hydrogen (secondary N) is 1. The third-order valence-corrected chi connectivity index (χ3v) is 3.41. The van der Waals surface area contributed by atoms with Crippen LogP contribution in [0.25, 0.3) is 11.4 Å². The number of hydrogen-bond donors (Lipinski definition) is 1. The molecule has 0 saturated heterocycles. The van der Waals surface area contributed by atoms with Gasteiger partial charge in [-0.2, -0.15) is 4.98 Å². The van der Waals surface area contributed by atoms with Crippen LogP contribution >= 0.6 is 0 Å². The standard InChI is InChI=1S/C17H17N5O3/c1-23-13-7-12(8-14(24-2)15(13)25-3)21-17-20-10-19-16(22-17)11-5-4-6-18-9-11/h4-10H,1-3H3,(H,19,20,21,22). The molecule has 0 radical (unpaired) electrons. The smallest absolute Gasteiger partial charge is 0.230 e. The van der Waals surface area contributed by atoms with Crippen molar-refractivity contribution in [2.45, 2.75) is 0 Å². The lowest BCUT2D eigenvalue weighted by Gasteiger charge is -2.14. The molecule has 2 heterocycles. The molecule has 0 saturated carbocycles. The molecule has 0 unspecified atom stereocenters.